The summed E-state index contributed by atoms with van der Waals surface area (Å²) in [6.07, 6.45) is 1.67. The Bertz CT molecular complexity index is 1330. The molecule has 0 aromatic heterocycles. The topological polar surface area (TPSA) is 55.8 Å². The van der Waals surface area contributed by atoms with E-state index >= 15 is 0 Å². The highest BCUT2D eigenvalue weighted by Crippen LogP contribution is 2.38. The van der Waals surface area contributed by atoms with Gasteiger partial charge >= 0.3 is 0 Å². The predicted molar refractivity (Wildman–Crippen MR) is 149 cm³/mol. The van der Waals surface area contributed by atoms with E-state index in [9.17, 15) is 9.59 Å². The third-order valence-electron chi connectivity index (χ3n) is 5.04. The van der Waals surface area contributed by atoms with Crippen LogP contribution in [0.3, 0.4) is 0 Å². The molecule has 0 atom stereocenters. The van der Waals surface area contributed by atoms with Crippen LogP contribution in [0.4, 0.5) is 4.79 Å². The van der Waals surface area contributed by atoms with E-state index in [1.54, 1.807) is 49.6 Å². The number of thioether (sulfide) groups is 1. The zero-order valence-corrected chi connectivity index (χ0v) is 23.4. The summed E-state index contributed by atoms with van der Waals surface area (Å²) in [5, 5.41) is 1.09. The van der Waals surface area contributed by atoms with Crippen molar-refractivity contribution in [1.29, 1.82) is 0 Å². The molecule has 3 aromatic carbocycles. The van der Waals surface area contributed by atoms with Gasteiger partial charge in [-0.3, -0.25) is 14.5 Å². The summed E-state index contributed by atoms with van der Waals surface area (Å²) in [6, 6.07) is 16.1. The zero-order chi connectivity index (χ0) is 25.1. The molecule has 1 aliphatic heterocycles. The molecule has 1 fully saturated rings. The van der Waals surface area contributed by atoms with Gasteiger partial charge in [0, 0.05) is 5.02 Å². The van der Waals surface area contributed by atoms with Gasteiger partial charge in [-0.1, -0.05) is 53.0 Å². The Balaban J connectivity index is 1.52. The van der Waals surface area contributed by atoms with Gasteiger partial charge in [-0.25, -0.2) is 0 Å². The van der Waals surface area contributed by atoms with Crippen LogP contribution in [0.1, 0.15) is 16.7 Å². The van der Waals surface area contributed by atoms with Crippen LogP contribution in [-0.4, -0.2) is 23.2 Å². The van der Waals surface area contributed by atoms with E-state index in [-0.39, 0.29) is 17.7 Å². The van der Waals surface area contributed by atoms with Crippen molar-refractivity contribution in [2.75, 3.05) is 7.11 Å². The second-order valence-corrected chi connectivity index (χ2v) is 10.9. The molecule has 0 N–H and O–H groups in total. The number of hydrogen-bond acceptors (Lipinski definition) is 5. The van der Waals surface area contributed by atoms with Crippen LogP contribution in [-0.2, 0) is 17.9 Å². The molecule has 3 aromatic rings. The Morgan fingerprint density at radius 2 is 1.69 bits per heavy atom. The van der Waals surface area contributed by atoms with Crippen molar-refractivity contribution in [3.05, 3.63) is 94.8 Å². The maximum Gasteiger partial charge on any atom is 0.293 e. The third kappa shape index (κ3) is 6.27. The summed E-state index contributed by atoms with van der Waals surface area (Å²) in [5.74, 6) is 0.739. The number of carbonyl (C=O) groups is 2. The first-order valence-electron chi connectivity index (χ1n) is 10.2. The number of carbonyl (C=O) groups excluding carboxylic acids is 2. The molecule has 0 bridgehead atoms. The second kappa shape index (κ2) is 11.4. The molecule has 1 aliphatic rings. The second-order valence-electron chi connectivity index (χ2n) is 7.47. The lowest BCUT2D eigenvalue weighted by atomic mass is 10.1. The van der Waals surface area contributed by atoms with Crippen molar-refractivity contribution in [3.8, 4) is 11.5 Å². The first-order valence-corrected chi connectivity index (χ1v) is 13.2. The molecule has 0 radical (unpaired) electrons. The summed E-state index contributed by atoms with van der Waals surface area (Å²) in [4.78, 5) is 27.0. The monoisotopic (exact) mass is 659 g/mol. The molecule has 0 spiro atoms. The summed E-state index contributed by atoms with van der Waals surface area (Å²) < 4.78 is 12.3. The largest absolute Gasteiger partial charge is 0.493 e. The predicted octanol–water partition coefficient (Wildman–Crippen LogP) is 8.08. The van der Waals surface area contributed by atoms with Crippen molar-refractivity contribution >= 4 is 86.4 Å². The van der Waals surface area contributed by atoms with E-state index in [4.69, 9.17) is 44.3 Å². The highest BCUT2D eigenvalue weighted by atomic mass is 127. The van der Waals surface area contributed by atoms with E-state index in [1.807, 2.05) is 18.2 Å². The smallest absolute Gasteiger partial charge is 0.293 e. The SMILES string of the molecule is COc1cc(/C=C2\SC(=O)N(Cc3ccc(Cl)c(Cl)c3)C2=O)cc(I)c1OCc1ccc(Cl)cc1. The number of methoxy groups -OCH3 is 1. The number of benzene rings is 3. The number of rotatable bonds is 7. The van der Waals surface area contributed by atoms with Crippen molar-refractivity contribution < 1.29 is 19.1 Å². The average molecular weight is 661 g/mol. The van der Waals surface area contributed by atoms with Crippen LogP contribution in [0, 0.1) is 3.57 Å². The average Bonchev–Trinajstić information content (AvgIpc) is 3.08. The van der Waals surface area contributed by atoms with E-state index < -0.39 is 0 Å². The van der Waals surface area contributed by atoms with Gasteiger partial charge < -0.3 is 9.47 Å². The highest BCUT2D eigenvalue weighted by molar-refractivity contribution is 14.1. The Labute approximate surface area is 235 Å². The van der Waals surface area contributed by atoms with E-state index in [0.29, 0.717) is 49.2 Å². The maximum atomic E-state index is 13.0. The molecule has 4 rings (SSSR count). The van der Waals surface area contributed by atoms with Crippen molar-refractivity contribution in [2.45, 2.75) is 13.2 Å². The van der Waals surface area contributed by atoms with Crippen LogP contribution in [0.15, 0.2) is 59.5 Å². The van der Waals surface area contributed by atoms with Gasteiger partial charge in [0.15, 0.2) is 11.5 Å². The summed E-state index contributed by atoms with van der Waals surface area (Å²) in [6.45, 7) is 0.452. The van der Waals surface area contributed by atoms with Gasteiger partial charge in [-0.05, 0) is 93.5 Å². The summed E-state index contributed by atoms with van der Waals surface area (Å²) in [7, 11) is 1.55. The lowest BCUT2D eigenvalue weighted by Gasteiger charge is -2.14. The van der Waals surface area contributed by atoms with Gasteiger partial charge in [-0.2, -0.15) is 0 Å². The molecule has 2 amide bonds. The third-order valence-corrected chi connectivity index (χ3v) is 7.74. The van der Waals surface area contributed by atoms with Crippen molar-refractivity contribution in [2.24, 2.45) is 0 Å². The summed E-state index contributed by atoms with van der Waals surface area (Å²) in [5.41, 5.74) is 2.39. The molecule has 0 saturated carbocycles. The Morgan fingerprint density at radius 1 is 0.971 bits per heavy atom. The van der Waals surface area contributed by atoms with Gasteiger partial charge in [0.25, 0.3) is 11.1 Å². The van der Waals surface area contributed by atoms with E-state index in [0.717, 1.165) is 20.9 Å². The molecular weight excluding hydrogens is 644 g/mol. The lowest BCUT2D eigenvalue weighted by molar-refractivity contribution is -0.123. The van der Waals surface area contributed by atoms with Crippen LogP contribution >= 0.6 is 69.2 Å². The molecule has 0 aliphatic carbocycles. The molecule has 35 heavy (non-hydrogen) atoms. The van der Waals surface area contributed by atoms with Crippen molar-refractivity contribution in [1.82, 2.24) is 4.90 Å². The lowest BCUT2D eigenvalue weighted by Crippen LogP contribution is -2.27. The molecule has 180 valence electrons. The van der Waals surface area contributed by atoms with E-state index in [2.05, 4.69) is 22.6 Å². The maximum absolute atomic E-state index is 13.0. The fraction of sp³-hybridized carbons (Fsp3) is 0.120. The van der Waals surface area contributed by atoms with Gasteiger partial charge in [-0.15, -0.1) is 0 Å². The minimum atomic E-state index is -0.372. The number of halogens is 4. The highest BCUT2D eigenvalue weighted by Gasteiger charge is 2.35. The number of ether oxygens (including phenoxy) is 2. The number of amides is 2. The Morgan fingerprint density at radius 3 is 2.37 bits per heavy atom. The first-order chi connectivity index (χ1) is 16.7. The standard InChI is InChI=1S/C25H17Cl3INO4S/c1-33-21-10-16(9-20(29)23(21)34-13-14-2-5-17(26)6-3-14)11-22-24(31)30(25(32)35-22)12-15-4-7-18(27)19(28)8-15/h2-11H,12-13H2,1H3/b22-11-. The minimum absolute atomic E-state index is 0.108. The molecule has 5 nitrogen and oxygen atoms in total. The Kier molecular flexibility index (Phi) is 8.54. The zero-order valence-electron chi connectivity index (χ0n) is 18.2. The van der Waals surface area contributed by atoms with Crippen LogP contribution in [0.2, 0.25) is 15.1 Å². The van der Waals surface area contributed by atoms with Crippen LogP contribution in [0.5, 0.6) is 11.5 Å². The molecule has 0 unspecified atom stereocenters. The number of imide groups is 1. The quantitative estimate of drug-likeness (QED) is 0.190. The first kappa shape index (κ1) is 26.2. The minimum Gasteiger partial charge on any atom is -0.493 e. The van der Waals surface area contributed by atoms with Crippen LogP contribution in [0.25, 0.3) is 6.08 Å². The Hall–Kier alpha value is -1.91. The number of nitrogens with zero attached hydrogens (tertiary/aromatic N) is 1. The fourth-order valence-corrected chi connectivity index (χ4v) is 5.37. The number of hydrogen-bond donors (Lipinski definition) is 0. The van der Waals surface area contributed by atoms with Gasteiger partial charge in [0.1, 0.15) is 6.61 Å². The molecular formula is C25H17Cl3INO4S. The molecule has 10 heteroatoms. The normalized spacial score (nSPS) is 14.7. The van der Waals surface area contributed by atoms with E-state index in [1.165, 1.54) is 4.90 Å². The van der Waals surface area contributed by atoms with Crippen molar-refractivity contribution in [3.63, 3.8) is 0 Å². The molecule has 1 heterocycles. The van der Waals surface area contributed by atoms with Gasteiger partial charge in [0.05, 0.1) is 32.2 Å². The molecule has 1 saturated heterocycles. The fourth-order valence-electron chi connectivity index (χ4n) is 3.31. The van der Waals surface area contributed by atoms with Gasteiger partial charge in [0.2, 0.25) is 0 Å². The van der Waals surface area contributed by atoms with Crippen LogP contribution < -0.4 is 9.47 Å². The summed E-state index contributed by atoms with van der Waals surface area (Å²) >= 11 is 21.0.